The van der Waals surface area contributed by atoms with Crippen LogP contribution in [0.5, 0.6) is 0 Å². The fraction of sp³-hybridized carbons (Fsp3) is 0.700. The molecule has 7 heteroatoms. The number of hydrogen-bond acceptors (Lipinski definition) is 4. The van der Waals surface area contributed by atoms with Crippen LogP contribution in [0, 0.1) is 12.8 Å². The van der Waals surface area contributed by atoms with Crippen molar-refractivity contribution >= 4 is 10.0 Å². The summed E-state index contributed by atoms with van der Waals surface area (Å²) in [7, 11) is -3.47. The fourth-order valence-electron chi connectivity index (χ4n) is 2.04. The van der Waals surface area contributed by atoms with E-state index in [9.17, 15) is 8.42 Å². The van der Waals surface area contributed by atoms with E-state index in [0.29, 0.717) is 11.7 Å². The van der Waals surface area contributed by atoms with Crippen LogP contribution in [0.25, 0.3) is 0 Å². The first kappa shape index (κ1) is 12.5. The van der Waals surface area contributed by atoms with Gasteiger partial charge >= 0.3 is 0 Å². The van der Waals surface area contributed by atoms with E-state index in [4.69, 9.17) is 0 Å². The molecule has 2 rings (SSSR count). The Morgan fingerprint density at radius 3 is 2.88 bits per heavy atom. The number of H-pyrrole nitrogens is 1. The maximum absolute atomic E-state index is 12.0. The van der Waals surface area contributed by atoms with Crippen molar-refractivity contribution in [1.29, 1.82) is 0 Å². The molecule has 1 fully saturated rings. The van der Waals surface area contributed by atoms with Crippen LogP contribution in [-0.4, -0.2) is 37.5 Å². The molecule has 0 amide bonds. The SMILES string of the molecule is Cc1ncc(S(=O)(=O)NC(C)C2CCNC2)[nH]1. The van der Waals surface area contributed by atoms with Crippen molar-refractivity contribution in [3.8, 4) is 0 Å². The summed E-state index contributed by atoms with van der Waals surface area (Å²) in [5, 5.41) is 3.36. The molecule has 1 aromatic heterocycles. The lowest BCUT2D eigenvalue weighted by atomic mass is 10.0. The second kappa shape index (κ2) is 4.75. The van der Waals surface area contributed by atoms with Gasteiger partial charge in [-0.2, -0.15) is 0 Å². The smallest absolute Gasteiger partial charge is 0.257 e. The van der Waals surface area contributed by atoms with Crippen LogP contribution in [0.4, 0.5) is 0 Å². The van der Waals surface area contributed by atoms with Crippen LogP contribution in [0.3, 0.4) is 0 Å². The highest BCUT2D eigenvalue weighted by Crippen LogP contribution is 2.15. The van der Waals surface area contributed by atoms with Gasteiger partial charge in [0.2, 0.25) is 0 Å². The molecule has 1 saturated heterocycles. The molecule has 1 aromatic rings. The highest BCUT2D eigenvalue weighted by Gasteiger charge is 2.26. The Hall–Kier alpha value is -0.920. The van der Waals surface area contributed by atoms with E-state index >= 15 is 0 Å². The van der Waals surface area contributed by atoms with E-state index < -0.39 is 10.0 Å². The Morgan fingerprint density at radius 1 is 1.59 bits per heavy atom. The summed E-state index contributed by atoms with van der Waals surface area (Å²) in [6, 6.07) is -0.0707. The first-order valence-electron chi connectivity index (χ1n) is 5.74. The minimum atomic E-state index is -3.47. The number of imidazole rings is 1. The van der Waals surface area contributed by atoms with Crippen LogP contribution >= 0.6 is 0 Å². The van der Waals surface area contributed by atoms with Crippen molar-refractivity contribution < 1.29 is 8.42 Å². The summed E-state index contributed by atoms with van der Waals surface area (Å²) in [6.07, 6.45) is 2.35. The summed E-state index contributed by atoms with van der Waals surface area (Å²) in [4.78, 5) is 6.64. The highest BCUT2D eigenvalue weighted by molar-refractivity contribution is 7.89. The average Bonchev–Trinajstić information content (AvgIpc) is 2.86. The molecule has 3 N–H and O–H groups in total. The minimum absolute atomic E-state index is 0.0707. The van der Waals surface area contributed by atoms with Crippen molar-refractivity contribution in [2.75, 3.05) is 13.1 Å². The lowest BCUT2D eigenvalue weighted by molar-refractivity contribution is 0.444. The number of aromatic nitrogens is 2. The molecular formula is C10H18N4O2S. The molecule has 0 spiro atoms. The van der Waals surface area contributed by atoms with Crippen LogP contribution in [-0.2, 0) is 10.0 Å². The normalized spacial score (nSPS) is 22.8. The molecule has 1 aliphatic heterocycles. The Balaban J connectivity index is 2.06. The maximum Gasteiger partial charge on any atom is 0.257 e. The molecule has 0 aromatic carbocycles. The topological polar surface area (TPSA) is 86.9 Å². The predicted octanol–water partition coefficient (Wildman–Crippen LogP) is -0.00558. The molecule has 0 radical (unpaired) electrons. The van der Waals surface area contributed by atoms with Crippen LogP contribution in [0.1, 0.15) is 19.2 Å². The van der Waals surface area contributed by atoms with E-state index in [1.54, 1.807) is 6.92 Å². The molecule has 96 valence electrons. The highest BCUT2D eigenvalue weighted by atomic mass is 32.2. The molecular weight excluding hydrogens is 240 g/mol. The van der Waals surface area contributed by atoms with Gasteiger partial charge in [-0.25, -0.2) is 18.1 Å². The van der Waals surface area contributed by atoms with E-state index in [2.05, 4.69) is 20.0 Å². The Morgan fingerprint density at radius 2 is 2.35 bits per heavy atom. The van der Waals surface area contributed by atoms with Gasteiger partial charge in [0.1, 0.15) is 5.82 Å². The standard InChI is InChI=1S/C10H18N4O2S/c1-7(9-3-4-11-5-9)14-17(15,16)10-6-12-8(2)13-10/h6-7,9,11,14H,3-5H2,1-2H3,(H,12,13). The number of sulfonamides is 1. The lowest BCUT2D eigenvalue weighted by Crippen LogP contribution is -2.39. The molecule has 2 unspecified atom stereocenters. The van der Waals surface area contributed by atoms with Crippen molar-refractivity contribution in [3.05, 3.63) is 12.0 Å². The summed E-state index contributed by atoms with van der Waals surface area (Å²) in [6.45, 7) is 5.45. The third-order valence-electron chi connectivity index (χ3n) is 3.12. The lowest BCUT2D eigenvalue weighted by Gasteiger charge is -2.19. The molecule has 6 nitrogen and oxygen atoms in total. The Bertz CT molecular complexity index is 476. The summed E-state index contributed by atoms with van der Waals surface area (Å²) in [5.41, 5.74) is 0. The van der Waals surface area contributed by atoms with Crippen LogP contribution < -0.4 is 10.0 Å². The zero-order valence-corrected chi connectivity index (χ0v) is 10.8. The van der Waals surface area contributed by atoms with Gasteiger partial charge in [-0.05, 0) is 39.3 Å². The predicted molar refractivity (Wildman–Crippen MR) is 64.1 cm³/mol. The summed E-state index contributed by atoms with van der Waals surface area (Å²) < 4.78 is 26.7. The average molecular weight is 258 g/mol. The van der Waals surface area contributed by atoms with Crippen molar-refractivity contribution in [3.63, 3.8) is 0 Å². The number of aryl methyl sites for hydroxylation is 1. The van der Waals surface area contributed by atoms with Crippen molar-refractivity contribution in [2.24, 2.45) is 5.92 Å². The van der Waals surface area contributed by atoms with Crippen LogP contribution in [0.2, 0.25) is 0 Å². The number of hydrogen-bond donors (Lipinski definition) is 3. The van der Waals surface area contributed by atoms with Gasteiger partial charge in [-0.15, -0.1) is 0 Å². The quantitative estimate of drug-likeness (QED) is 0.709. The molecule has 1 aliphatic rings. The van der Waals surface area contributed by atoms with Gasteiger partial charge in [0.05, 0.1) is 6.20 Å². The third-order valence-corrected chi connectivity index (χ3v) is 4.58. The molecule has 0 bridgehead atoms. The number of rotatable bonds is 4. The molecule has 2 heterocycles. The van der Waals surface area contributed by atoms with Gasteiger partial charge < -0.3 is 10.3 Å². The molecule has 2 atom stereocenters. The zero-order chi connectivity index (χ0) is 12.5. The van der Waals surface area contributed by atoms with Crippen LogP contribution in [0.15, 0.2) is 11.2 Å². The van der Waals surface area contributed by atoms with Gasteiger partial charge in [0, 0.05) is 6.04 Å². The van der Waals surface area contributed by atoms with Gasteiger partial charge in [-0.1, -0.05) is 0 Å². The Labute approximate surface area is 101 Å². The third kappa shape index (κ3) is 2.85. The second-order valence-electron chi connectivity index (χ2n) is 4.50. The van der Waals surface area contributed by atoms with E-state index in [1.165, 1.54) is 6.20 Å². The fourth-order valence-corrected chi connectivity index (χ4v) is 3.33. The van der Waals surface area contributed by atoms with Crippen molar-refractivity contribution in [2.45, 2.75) is 31.3 Å². The second-order valence-corrected chi connectivity index (χ2v) is 6.18. The summed E-state index contributed by atoms with van der Waals surface area (Å²) >= 11 is 0. The van der Waals surface area contributed by atoms with Crippen molar-refractivity contribution in [1.82, 2.24) is 20.0 Å². The number of nitrogens with zero attached hydrogens (tertiary/aromatic N) is 1. The number of aromatic amines is 1. The van der Waals surface area contributed by atoms with Gasteiger partial charge in [0.25, 0.3) is 10.0 Å². The number of nitrogens with one attached hydrogen (secondary N) is 3. The van der Waals surface area contributed by atoms with E-state index in [-0.39, 0.29) is 11.1 Å². The minimum Gasteiger partial charge on any atom is -0.332 e. The van der Waals surface area contributed by atoms with Gasteiger partial charge in [0.15, 0.2) is 5.03 Å². The first-order valence-corrected chi connectivity index (χ1v) is 7.22. The molecule has 17 heavy (non-hydrogen) atoms. The molecule has 0 aliphatic carbocycles. The molecule has 0 saturated carbocycles. The first-order chi connectivity index (χ1) is 7.99. The van der Waals surface area contributed by atoms with Gasteiger partial charge in [-0.3, -0.25) is 0 Å². The monoisotopic (exact) mass is 258 g/mol. The van der Waals surface area contributed by atoms with E-state index in [0.717, 1.165) is 19.5 Å². The Kier molecular flexibility index (Phi) is 3.50. The largest absolute Gasteiger partial charge is 0.332 e. The maximum atomic E-state index is 12.0. The zero-order valence-electron chi connectivity index (χ0n) is 10.0. The summed E-state index contributed by atoms with van der Waals surface area (Å²) in [5.74, 6) is 0.953. The van der Waals surface area contributed by atoms with E-state index in [1.807, 2.05) is 6.92 Å².